The van der Waals surface area contributed by atoms with E-state index in [1.807, 2.05) is 11.6 Å². The van der Waals surface area contributed by atoms with Crippen LogP contribution in [0.2, 0.25) is 0 Å². The first-order valence-electron chi connectivity index (χ1n) is 6.56. The van der Waals surface area contributed by atoms with Crippen molar-refractivity contribution in [2.45, 2.75) is 56.0 Å². The van der Waals surface area contributed by atoms with Crippen LogP contribution in [0, 0.1) is 0 Å². The van der Waals surface area contributed by atoms with Gasteiger partial charge in [-0.2, -0.15) is 0 Å². The molecule has 0 fully saturated rings. The molecule has 3 nitrogen and oxygen atoms in total. The molecule has 0 bridgehead atoms. The SMILES string of the molecule is CC(C)c1nc(C[S@@](=O)c2ncc(C(C)(C)C)s2)cs1. The van der Waals surface area contributed by atoms with Crippen LogP contribution >= 0.6 is 22.7 Å². The number of rotatable bonds is 4. The first-order chi connectivity index (χ1) is 9.27. The maximum absolute atomic E-state index is 12.4. The van der Waals surface area contributed by atoms with Gasteiger partial charge in [-0.25, -0.2) is 9.97 Å². The highest BCUT2D eigenvalue weighted by Crippen LogP contribution is 2.30. The highest BCUT2D eigenvalue weighted by atomic mass is 32.2. The van der Waals surface area contributed by atoms with Crippen LogP contribution in [0.25, 0.3) is 0 Å². The van der Waals surface area contributed by atoms with Crippen LogP contribution in [0.15, 0.2) is 15.9 Å². The number of thiazole rings is 2. The van der Waals surface area contributed by atoms with Crippen LogP contribution in [0.5, 0.6) is 0 Å². The summed E-state index contributed by atoms with van der Waals surface area (Å²) < 4.78 is 13.1. The Bertz CT molecular complexity index is 608. The molecule has 20 heavy (non-hydrogen) atoms. The summed E-state index contributed by atoms with van der Waals surface area (Å²) in [6.07, 6.45) is 1.85. The molecule has 0 aliphatic rings. The van der Waals surface area contributed by atoms with E-state index in [2.05, 4.69) is 44.6 Å². The lowest BCUT2D eigenvalue weighted by Crippen LogP contribution is -2.07. The van der Waals surface area contributed by atoms with Crippen molar-refractivity contribution in [1.29, 1.82) is 0 Å². The Morgan fingerprint density at radius 3 is 2.55 bits per heavy atom. The van der Waals surface area contributed by atoms with E-state index in [9.17, 15) is 4.21 Å². The Hall–Kier alpha value is -0.590. The van der Waals surface area contributed by atoms with Gasteiger partial charge in [0.05, 0.1) is 27.3 Å². The number of hydrogen-bond acceptors (Lipinski definition) is 5. The van der Waals surface area contributed by atoms with E-state index in [1.165, 1.54) is 4.88 Å². The zero-order valence-corrected chi connectivity index (χ0v) is 14.9. The third-order valence-electron chi connectivity index (χ3n) is 2.76. The molecule has 0 amide bonds. The summed E-state index contributed by atoms with van der Waals surface area (Å²) in [7, 11) is -1.10. The van der Waals surface area contributed by atoms with Gasteiger partial charge in [0.1, 0.15) is 0 Å². The van der Waals surface area contributed by atoms with Gasteiger partial charge in [-0.1, -0.05) is 34.6 Å². The van der Waals surface area contributed by atoms with Gasteiger partial charge in [-0.15, -0.1) is 22.7 Å². The Labute approximate surface area is 131 Å². The van der Waals surface area contributed by atoms with Crippen molar-refractivity contribution >= 4 is 33.5 Å². The molecule has 0 N–H and O–H groups in total. The molecule has 0 spiro atoms. The van der Waals surface area contributed by atoms with E-state index in [1.54, 1.807) is 22.7 Å². The molecule has 2 rings (SSSR count). The van der Waals surface area contributed by atoms with Crippen molar-refractivity contribution in [3.05, 3.63) is 27.2 Å². The Morgan fingerprint density at radius 1 is 1.35 bits per heavy atom. The zero-order chi connectivity index (χ0) is 14.9. The second-order valence-corrected chi connectivity index (χ2v) is 9.61. The van der Waals surface area contributed by atoms with Crippen molar-refractivity contribution in [3.8, 4) is 0 Å². The third-order valence-corrected chi connectivity index (χ3v) is 7.03. The lowest BCUT2D eigenvalue weighted by Gasteiger charge is -2.14. The van der Waals surface area contributed by atoms with E-state index in [0.29, 0.717) is 16.0 Å². The molecule has 0 aliphatic carbocycles. The summed E-state index contributed by atoms with van der Waals surface area (Å²) in [6.45, 7) is 10.7. The van der Waals surface area contributed by atoms with E-state index in [0.717, 1.165) is 10.7 Å². The number of aromatic nitrogens is 2. The maximum atomic E-state index is 12.4. The van der Waals surface area contributed by atoms with Crippen LogP contribution in [-0.2, 0) is 22.0 Å². The van der Waals surface area contributed by atoms with Crippen molar-refractivity contribution < 1.29 is 4.21 Å². The van der Waals surface area contributed by atoms with Gasteiger partial charge in [0.15, 0.2) is 4.34 Å². The quantitative estimate of drug-likeness (QED) is 0.839. The monoisotopic (exact) mass is 328 g/mol. The molecule has 2 aromatic heterocycles. The van der Waals surface area contributed by atoms with Gasteiger partial charge in [0.25, 0.3) is 0 Å². The highest BCUT2D eigenvalue weighted by Gasteiger charge is 2.20. The summed E-state index contributed by atoms with van der Waals surface area (Å²) in [4.78, 5) is 10.0. The maximum Gasteiger partial charge on any atom is 0.181 e. The van der Waals surface area contributed by atoms with Crippen LogP contribution < -0.4 is 0 Å². The second kappa shape index (κ2) is 6.03. The summed E-state index contributed by atoms with van der Waals surface area (Å²) in [6, 6.07) is 0. The van der Waals surface area contributed by atoms with Crippen molar-refractivity contribution in [1.82, 2.24) is 9.97 Å². The minimum absolute atomic E-state index is 0.0611. The molecule has 2 heterocycles. The Balaban J connectivity index is 2.10. The zero-order valence-electron chi connectivity index (χ0n) is 12.5. The minimum Gasteiger partial charge on any atom is -0.251 e. The van der Waals surface area contributed by atoms with Gasteiger partial charge < -0.3 is 0 Å². The predicted molar refractivity (Wildman–Crippen MR) is 87.1 cm³/mol. The van der Waals surface area contributed by atoms with E-state index in [-0.39, 0.29) is 5.41 Å². The van der Waals surface area contributed by atoms with E-state index >= 15 is 0 Å². The molecular formula is C14H20N2OS3. The molecule has 0 radical (unpaired) electrons. The van der Waals surface area contributed by atoms with Gasteiger partial charge >= 0.3 is 0 Å². The topological polar surface area (TPSA) is 42.9 Å². The smallest absolute Gasteiger partial charge is 0.181 e. The Morgan fingerprint density at radius 2 is 2.05 bits per heavy atom. The van der Waals surface area contributed by atoms with E-state index < -0.39 is 10.8 Å². The molecule has 6 heteroatoms. The molecule has 0 saturated carbocycles. The fraction of sp³-hybridized carbons (Fsp3) is 0.571. The number of nitrogens with zero attached hydrogens (tertiary/aromatic N) is 2. The fourth-order valence-electron chi connectivity index (χ4n) is 1.56. The Kier molecular flexibility index (Phi) is 4.76. The second-order valence-electron chi connectivity index (χ2n) is 6.06. The molecule has 0 unspecified atom stereocenters. The minimum atomic E-state index is -1.10. The van der Waals surface area contributed by atoms with Gasteiger partial charge in [-0.3, -0.25) is 4.21 Å². The molecule has 0 aromatic carbocycles. The summed E-state index contributed by atoms with van der Waals surface area (Å²) in [5, 5.41) is 3.11. The first kappa shape index (κ1) is 15.8. The normalized spacial score (nSPS) is 13.9. The average molecular weight is 329 g/mol. The molecular weight excluding hydrogens is 308 g/mol. The van der Waals surface area contributed by atoms with Crippen molar-refractivity contribution in [3.63, 3.8) is 0 Å². The lowest BCUT2D eigenvalue weighted by molar-refractivity contribution is 0.602. The highest BCUT2D eigenvalue weighted by molar-refractivity contribution is 7.86. The van der Waals surface area contributed by atoms with Crippen molar-refractivity contribution in [2.75, 3.05) is 0 Å². The average Bonchev–Trinajstić information content (AvgIpc) is 2.95. The van der Waals surface area contributed by atoms with Crippen LogP contribution in [0.3, 0.4) is 0 Å². The first-order valence-corrected chi connectivity index (χ1v) is 9.58. The largest absolute Gasteiger partial charge is 0.251 e. The molecule has 0 saturated heterocycles. The standard InChI is InChI=1S/C14H20N2OS3/c1-9(2)12-16-10(7-18-12)8-20(17)13-15-6-11(19-13)14(3,4)5/h6-7,9H,8H2,1-5H3/t20-/m1/s1. The summed E-state index contributed by atoms with van der Waals surface area (Å²) in [5.74, 6) is 0.884. The van der Waals surface area contributed by atoms with Crippen molar-refractivity contribution in [2.24, 2.45) is 0 Å². The number of hydrogen-bond donors (Lipinski definition) is 0. The molecule has 2 aromatic rings. The summed E-state index contributed by atoms with van der Waals surface area (Å²) >= 11 is 3.19. The summed E-state index contributed by atoms with van der Waals surface area (Å²) in [5.41, 5.74) is 0.968. The third kappa shape index (κ3) is 3.74. The van der Waals surface area contributed by atoms with Crippen LogP contribution in [0.4, 0.5) is 0 Å². The van der Waals surface area contributed by atoms with Gasteiger partial charge in [0, 0.05) is 22.4 Å². The molecule has 0 aliphatic heterocycles. The molecule has 110 valence electrons. The van der Waals surface area contributed by atoms with Gasteiger partial charge in [0.2, 0.25) is 0 Å². The fourth-order valence-corrected chi connectivity index (χ4v) is 4.73. The van der Waals surface area contributed by atoms with Crippen LogP contribution in [-0.4, -0.2) is 14.2 Å². The predicted octanol–water partition coefficient (Wildman–Crippen LogP) is 4.33. The lowest BCUT2D eigenvalue weighted by atomic mass is 9.96. The van der Waals surface area contributed by atoms with Crippen LogP contribution in [0.1, 0.15) is 56.1 Å². The van der Waals surface area contributed by atoms with Gasteiger partial charge in [-0.05, 0) is 5.41 Å². The molecule has 1 atom stereocenters. The van der Waals surface area contributed by atoms with E-state index in [4.69, 9.17) is 0 Å².